The molecule has 0 fully saturated rings. The normalized spacial score (nSPS) is 12.1. The van der Waals surface area contributed by atoms with Crippen molar-refractivity contribution in [2.75, 3.05) is 5.06 Å². The highest BCUT2D eigenvalue weighted by atomic mass is 16.5. The van der Waals surface area contributed by atoms with Crippen molar-refractivity contribution in [1.29, 1.82) is 0 Å². The lowest BCUT2D eigenvalue weighted by molar-refractivity contribution is -0.128. The predicted molar refractivity (Wildman–Crippen MR) is 106 cm³/mol. The average molecular weight is 348 g/mol. The third-order valence-corrected chi connectivity index (χ3v) is 4.87. The standard InChI is InChI=1S/C22H37NO2/c1-3-5-7-9-10-13-17-20(16-12-8-6-4-2)22(24)23(25)21-18-14-11-15-19-21/h11,14-15,18-20,25H,3-10,12-13,16-17H2,1-2H3. The van der Waals surface area contributed by atoms with Crippen LogP contribution in [0.4, 0.5) is 5.69 Å². The van der Waals surface area contributed by atoms with E-state index in [2.05, 4.69) is 13.8 Å². The van der Waals surface area contributed by atoms with Gasteiger partial charge in [0.1, 0.15) is 0 Å². The second kappa shape index (κ2) is 13.9. The zero-order valence-corrected chi connectivity index (χ0v) is 16.3. The van der Waals surface area contributed by atoms with Crippen LogP contribution in [0.5, 0.6) is 0 Å². The first-order chi connectivity index (χ1) is 12.2. The number of para-hydroxylation sites is 1. The molecule has 0 aliphatic heterocycles. The van der Waals surface area contributed by atoms with Crippen LogP contribution in [0.3, 0.4) is 0 Å². The van der Waals surface area contributed by atoms with E-state index in [0.29, 0.717) is 5.69 Å². The molecule has 1 rings (SSSR count). The maximum Gasteiger partial charge on any atom is 0.253 e. The van der Waals surface area contributed by atoms with E-state index in [-0.39, 0.29) is 11.8 Å². The fraction of sp³-hybridized carbons (Fsp3) is 0.682. The summed E-state index contributed by atoms with van der Waals surface area (Å²) in [7, 11) is 0. The fourth-order valence-electron chi connectivity index (χ4n) is 3.25. The average Bonchev–Trinajstić information content (AvgIpc) is 2.65. The highest BCUT2D eigenvalue weighted by Crippen LogP contribution is 2.23. The SMILES string of the molecule is CCCCCCCCC(CCCCCC)C(=O)N(O)c1ccccc1. The van der Waals surface area contributed by atoms with E-state index in [1.807, 2.05) is 18.2 Å². The van der Waals surface area contributed by atoms with Gasteiger partial charge in [-0.15, -0.1) is 0 Å². The van der Waals surface area contributed by atoms with Crippen LogP contribution in [0, 0.1) is 5.92 Å². The van der Waals surface area contributed by atoms with Crippen molar-refractivity contribution >= 4 is 11.6 Å². The Morgan fingerprint density at radius 1 is 0.840 bits per heavy atom. The van der Waals surface area contributed by atoms with Crippen molar-refractivity contribution in [3.8, 4) is 0 Å². The zero-order chi connectivity index (χ0) is 18.3. The molecule has 0 saturated carbocycles. The van der Waals surface area contributed by atoms with Crippen molar-refractivity contribution in [1.82, 2.24) is 0 Å². The third kappa shape index (κ3) is 9.06. The fourth-order valence-corrected chi connectivity index (χ4v) is 3.25. The van der Waals surface area contributed by atoms with E-state index in [4.69, 9.17) is 0 Å². The molecule has 1 atom stereocenters. The van der Waals surface area contributed by atoms with E-state index in [1.165, 1.54) is 51.4 Å². The Kier molecular flexibility index (Phi) is 12.0. The van der Waals surface area contributed by atoms with Gasteiger partial charge >= 0.3 is 0 Å². The molecule has 0 saturated heterocycles. The maximum absolute atomic E-state index is 12.7. The predicted octanol–water partition coefficient (Wildman–Crippen LogP) is 6.75. The number of anilines is 1. The number of amides is 1. The van der Waals surface area contributed by atoms with Gasteiger partial charge in [-0.1, -0.05) is 96.3 Å². The molecule has 142 valence electrons. The van der Waals surface area contributed by atoms with Crippen LogP contribution >= 0.6 is 0 Å². The Bertz CT molecular complexity index is 447. The first-order valence-electron chi connectivity index (χ1n) is 10.3. The van der Waals surface area contributed by atoms with Crippen LogP contribution in [-0.2, 0) is 4.79 Å². The zero-order valence-electron chi connectivity index (χ0n) is 16.3. The van der Waals surface area contributed by atoms with Crippen LogP contribution in [0.1, 0.15) is 90.9 Å². The van der Waals surface area contributed by atoms with Gasteiger partial charge in [-0.3, -0.25) is 10.0 Å². The molecule has 3 heteroatoms. The maximum atomic E-state index is 12.7. The highest BCUT2D eigenvalue weighted by Gasteiger charge is 2.23. The number of benzene rings is 1. The monoisotopic (exact) mass is 347 g/mol. The van der Waals surface area contributed by atoms with E-state index >= 15 is 0 Å². The number of hydroxylamine groups is 1. The molecule has 0 spiro atoms. The third-order valence-electron chi connectivity index (χ3n) is 4.87. The van der Waals surface area contributed by atoms with Gasteiger partial charge in [0.2, 0.25) is 0 Å². The molecule has 0 radical (unpaired) electrons. The second-order valence-electron chi connectivity index (χ2n) is 7.09. The Balaban J connectivity index is 2.51. The lowest BCUT2D eigenvalue weighted by Crippen LogP contribution is -2.33. The molecular weight excluding hydrogens is 310 g/mol. The number of hydrogen-bond donors (Lipinski definition) is 1. The van der Waals surface area contributed by atoms with Gasteiger partial charge in [0.25, 0.3) is 5.91 Å². The molecule has 0 heterocycles. The van der Waals surface area contributed by atoms with Crippen molar-refractivity contribution in [2.24, 2.45) is 5.92 Å². The Labute approximate surface area is 154 Å². The number of unbranched alkanes of at least 4 members (excludes halogenated alkanes) is 8. The first-order valence-corrected chi connectivity index (χ1v) is 10.3. The van der Waals surface area contributed by atoms with Crippen LogP contribution in [-0.4, -0.2) is 11.1 Å². The van der Waals surface area contributed by atoms with Gasteiger partial charge in [-0.25, -0.2) is 0 Å². The lowest BCUT2D eigenvalue weighted by Gasteiger charge is -2.22. The summed E-state index contributed by atoms with van der Waals surface area (Å²) in [6.45, 7) is 4.42. The summed E-state index contributed by atoms with van der Waals surface area (Å²) in [5.74, 6) is -0.204. The van der Waals surface area contributed by atoms with Crippen molar-refractivity contribution in [3.05, 3.63) is 30.3 Å². The number of nitrogens with zero attached hydrogens (tertiary/aromatic N) is 1. The highest BCUT2D eigenvalue weighted by molar-refractivity contribution is 5.92. The number of carbonyl (C=O) groups is 1. The van der Waals surface area contributed by atoms with Gasteiger partial charge in [0, 0.05) is 5.92 Å². The van der Waals surface area contributed by atoms with E-state index in [0.717, 1.165) is 30.7 Å². The molecule has 25 heavy (non-hydrogen) atoms. The van der Waals surface area contributed by atoms with E-state index in [1.54, 1.807) is 12.1 Å². The molecule has 0 aliphatic carbocycles. The van der Waals surface area contributed by atoms with Gasteiger partial charge in [-0.2, -0.15) is 5.06 Å². The Hall–Kier alpha value is -1.35. The molecular formula is C22H37NO2. The molecule has 3 nitrogen and oxygen atoms in total. The summed E-state index contributed by atoms with van der Waals surface area (Å²) in [4.78, 5) is 12.7. The van der Waals surface area contributed by atoms with E-state index < -0.39 is 0 Å². The van der Waals surface area contributed by atoms with E-state index in [9.17, 15) is 10.0 Å². The van der Waals surface area contributed by atoms with Crippen molar-refractivity contribution in [2.45, 2.75) is 90.9 Å². The lowest BCUT2D eigenvalue weighted by atomic mass is 9.93. The minimum Gasteiger partial charge on any atom is -0.281 e. The quantitative estimate of drug-likeness (QED) is 0.230. The molecule has 0 bridgehead atoms. The summed E-state index contributed by atoms with van der Waals surface area (Å²) >= 11 is 0. The first kappa shape index (κ1) is 21.7. The van der Waals surface area contributed by atoms with Gasteiger partial charge in [0.15, 0.2) is 0 Å². The molecule has 1 N–H and O–H groups in total. The second-order valence-corrected chi connectivity index (χ2v) is 7.09. The summed E-state index contributed by atoms with van der Waals surface area (Å²) in [5, 5.41) is 11.2. The number of carbonyl (C=O) groups excluding carboxylic acids is 1. The summed E-state index contributed by atoms with van der Waals surface area (Å²) in [5.41, 5.74) is 0.564. The topological polar surface area (TPSA) is 40.5 Å². The van der Waals surface area contributed by atoms with Crippen LogP contribution in [0.25, 0.3) is 0 Å². The number of hydrogen-bond acceptors (Lipinski definition) is 2. The van der Waals surface area contributed by atoms with Gasteiger partial charge in [0.05, 0.1) is 5.69 Å². The van der Waals surface area contributed by atoms with Crippen molar-refractivity contribution in [3.63, 3.8) is 0 Å². The molecule has 1 aromatic rings. The summed E-state index contributed by atoms with van der Waals surface area (Å²) < 4.78 is 0. The molecule has 0 aliphatic rings. The van der Waals surface area contributed by atoms with Crippen LogP contribution in [0.15, 0.2) is 30.3 Å². The molecule has 1 aromatic carbocycles. The molecule has 1 unspecified atom stereocenters. The van der Waals surface area contributed by atoms with Gasteiger partial charge < -0.3 is 0 Å². The summed E-state index contributed by atoms with van der Waals surface area (Å²) in [6.07, 6.45) is 13.8. The smallest absolute Gasteiger partial charge is 0.253 e. The van der Waals surface area contributed by atoms with Crippen LogP contribution < -0.4 is 5.06 Å². The number of rotatable bonds is 14. The van der Waals surface area contributed by atoms with Gasteiger partial charge in [-0.05, 0) is 25.0 Å². The molecule has 1 amide bonds. The Morgan fingerprint density at radius 3 is 1.88 bits per heavy atom. The Morgan fingerprint density at radius 2 is 1.32 bits per heavy atom. The molecule has 0 aromatic heterocycles. The van der Waals surface area contributed by atoms with Crippen LogP contribution in [0.2, 0.25) is 0 Å². The minimum absolute atomic E-state index is 0.0618. The largest absolute Gasteiger partial charge is 0.281 e. The van der Waals surface area contributed by atoms with Crippen molar-refractivity contribution < 1.29 is 10.0 Å². The summed E-state index contributed by atoms with van der Waals surface area (Å²) in [6, 6.07) is 9.12. The minimum atomic E-state index is -0.142.